The van der Waals surface area contributed by atoms with Crippen LogP contribution in [0.2, 0.25) is 0 Å². The zero-order valence-corrected chi connectivity index (χ0v) is 15.6. The molecule has 0 aliphatic rings. The Bertz CT molecular complexity index is 742. The molecule has 0 spiro atoms. The van der Waals surface area contributed by atoms with Crippen molar-refractivity contribution < 1.29 is 9.90 Å². The fourth-order valence-corrected chi connectivity index (χ4v) is 3.23. The molecule has 0 amide bonds. The highest BCUT2D eigenvalue weighted by atomic mass is 16.4. The Morgan fingerprint density at radius 3 is 2.17 bits per heavy atom. The average molecular weight is 330 g/mol. The molecule has 4 heteroatoms. The Kier molecular flexibility index (Phi) is 5.38. The highest BCUT2D eigenvalue weighted by Gasteiger charge is 2.22. The normalized spacial score (nSPS) is 13.4. The van der Waals surface area contributed by atoms with Gasteiger partial charge in [0, 0.05) is 23.0 Å². The molecule has 1 aromatic carbocycles. The van der Waals surface area contributed by atoms with Crippen LogP contribution < -0.4 is 5.73 Å². The fourth-order valence-electron chi connectivity index (χ4n) is 3.23. The maximum Gasteiger partial charge on any atom is 0.320 e. The van der Waals surface area contributed by atoms with Crippen molar-refractivity contribution in [2.45, 2.75) is 71.8 Å². The van der Waals surface area contributed by atoms with Gasteiger partial charge in [0.25, 0.3) is 0 Å². The van der Waals surface area contributed by atoms with Crippen LogP contribution in [-0.2, 0) is 11.2 Å². The molecule has 0 aliphatic heterocycles. The summed E-state index contributed by atoms with van der Waals surface area (Å²) < 4.78 is 0. The third-order valence-corrected chi connectivity index (χ3v) is 4.71. The summed E-state index contributed by atoms with van der Waals surface area (Å²) in [7, 11) is 0. The lowest BCUT2D eigenvalue weighted by Crippen LogP contribution is -2.32. The summed E-state index contributed by atoms with van der Waals surface area (Å²) in [5.74, 6) is 0.148. The third-order valence-electron chi connectivity index (χ3n) is 4.71. The molecule has 0 bridgehead atoms. The monoisotopic (exact) mass is 330 g/mol. The number of rotatable bonds is 6. The number of fused-ring (bicyclic) bond motifs is 1. The molecular formula is C20H30N2O2. The van der Waals surface area contributed by atoms with Gasteiger partial charge in [0.15, 0.2) is 0 Å². The van der Waals surface area contributed by atoms with E-state index in [1.54, 1.807) is 0 Å². The first-order valence-electron chi connectivity index (χ1n) is 8.80. The van der Waals surface area contributed by atoms with Crippen molar-refractivity contribution in [3.8, 4) is 0 Å². The number of aromatic amines is 1. The largest absolute Gasteiger partial charge is 0.480 e. The predicted molar refractivity (Wildman–Crippen MR) is 99.9 cm³/mol. The number of carboxylic acid groups (broad SMARTS) is 1. The second-order valence-electron chi connectivity index (χ2n) is 7.66. The van der Waals surface area contributed by atoms with Gasteiger partial charge < -0.3 is 15.8 Å². The van der Waals surface area contributed by atoms with E-state index >= 15 is 0 Å². The molecule has 4 nitrogen and oxygen atoms in total. The predicted octanol–water partition coefficient (Wildman–Crippen LogP) is 4.49. The summed E-state index contributed by atoms with van der Waals surface area (Å²) in [6, 6.07) is 3.60. The molecule has 2 aromatic rings. The summed E-state index contributed by atoms with van der Waals surface area (Å²) in [4.78, 5) is 14.8. The molecule has 0 aliphatic carbocycles. The number of H-pyrrole nitrogens is 1. The minimum atomic E-state index is -0.955. The number of hydrogen-bond donors (Lipinski definition) is 3. The number of carboxylic acids is 1. The van der Waals surface area contributed by atoms with Gasteiger partial charge in [-0.1, -0.05) is 47.6 Å². The average Bonchev–Trinajstić information content (AvgIpc) is 2.84. The second-order valence-corrected chi connectivity index (χ2v) is 7.66. The lowest BCUT2D eigenvalue weighted by Gasteiger charge is -2.14. The minimum absolute atomic E-state index is 0.288. The molecular weight excluding hydrogens is 300 g/mol. The van der Waals surface area contributed by atoms with Gasteiger partial charge in [0.2, 0.25) is 0 Å². The molecule has 24 heavy (non-hydrogen) atoms. The van der Waals surface area contributed by atoms with Gasteiger partial charge in [-0.05, 0) is 40.5 Å². The van der Waals surface area contributed by atoms with Crippen LogP contribution in [0.4, 0.5) is 0 Å². The smallest absolute Gasteiger partial charge is 0.320 e. The van der Waals surface area contributed by atoms with Crippen molar-refractivity contribution in [3.05, 3.63) is 34.5 Å². The van der Waals surface area contributed by atoms with Gasteiger partial charge in [-0.2, -0.15) is 0 Å². The van der Waals surface area contributed by atoms with Crippen LogP contribution in [0, 0.1) is 0 Å². The number of aliphatic carboxylic acids is 1. The van der Waals surface area contributed by atoms with E-state index in [1.807, 2.05) is 0 Å². The molecule has 2 rings (SSSR count). The highest BCUT2D eigenvalue weighted by Crippen LogP contribution is 2.35. The molecule has 4 N–H and O–H groups in total. The van der Waals surface area contributed by atoms with E-state index in [9.17, 15) is 9.90 Å². The van der Waals surface area contributed by atoms with Gasteiger partial charge >= 0.3 is 5.97 Å². The van der Waals surface area contributed by atoms with Crippen LogP contribution in [0.25, 0.3) is 10.9 Å². The van der Waals surface area contributed by atoms with Crippen LogP contribution in [0.3, 0.4) is 0 Å². The SMILES string of the molecule is CC(C)c1cc(C(C)C)c2[nH]c(C(C)C)c(C[C@H](N)C(=O)O)c2c1. The lowest BCUT2D eigenvalue weighted by molar-refractivity contribution is -0.138. The van der Waals surface area contributed by atoms with Gasteiger partial charge in [0.05, 0.1) is 0 Å². The quantitative estimate of drug-likeness (QED) is 0.730. The lowest BCUT2D eigenvalue weighted by atomic mass is 9.90. The Labute approximate surface area is 144 Å². The first-order chi connectivity index (χ1) is 11.1. The molecule has 132 valence electrons. The van der Waals surface area contributed by atoms with E-state index in [0.29, 0.717) is 18.3 Å². The Balaban J connectivity index is 2.77. The molecule has 1 heterocycles. The van der Waals surface area contributed by atoms with Gasteiger partial charge in [-0.25, -0.2) is 0 Å². The fraction of sp³-hybridized carbons (Fsp3) is 0.550. The Morgan fingerprint density at radius 2 is 1.71 bits per heavy atom. The van der Waals surface area contributed by atoms with Crippen molar-refractivity contribution >= 4 is 16.9 Å². The standard InChI is InChI=1S/C20H30N2O2/c1-10(2)13-7-14(11(3)4)19-15(8-13)16(9-17(21)20(23)24)18(22-19)12(5)6/h7-8,10-12,17,22H,9,21H2,1-6H3,(H,23,24)/t17-/m0/s1. The van der Waals surface area contributed by atoms with Crippen molar-refractivity contribution in [2.75, 3.05) is 0 Å². The maximum atomic E-state index is 11.3. The Hall–Kier alpha value is -1.81. The maximum absolute atomic E-state index is 11.3. The van der Waals surface area contributed by atoms with Gasteiger partial charge in [0.1, 0.15) is 6.04 Å². The van der Waals surface area contributed by atoms with Crippen molar-refractivity contribution in [1.29, 1.82) is 0 Å². The van der Waals surface area contributed by atoms with Crippen molar-refractivity contribution in [1.82, 2.24) is 4.98 Å². The van der Waals surface area contributed by atoms with Crippen molar-refractivity contribution in [3.63, 3.8) is 0 Å². The molecule has 1 aromatic heterocycles. The topological polar surface area (TPSA) is 79.1 Å². The van der Waals surface area contributed by atoms with Gasteiger partial charge in [-0.3, -0.25) is 4.79 Å². The van der Waals surface area contributed by atoms with E-state index in [4.69, 9.17) is 5.73 Å². The summed E-state index contributed by atoms with van der Waals surface area (Å²) in [6.45, 7) is 13.0. The zero-order chi connectivity index (χ0) is 18.2. The first-order valence-corrected chi connectivity index (χ1v) is 8.80. The van der Waals surface area contributed by atoms with Crippen LogP contribution in [0.5, 0.6) is 0 Å². The van der Waals surface area contributed by atoms with E-state index < -0.39 is 12.0 Å². The van der Waals surface area contributed by atoms with Crippen LogP contribution in [0.1, 0.15) is 81.7 Å². The van der Waals surface area contributed by atoms with E-state index in [2.05, 4.69) is 58.7 Å². The first kappa shape index (κ1) is 18.5. The molecule has 1 atom stereocenters. The number of aromatic nitrogens is 1. The number of nitrogens with two attached hydrogens (primary N) is 1. The number of nitrogens with one attached hydrogen (secondary N) is 1. The second kappa shape index (κ2) is 6.98. The summed E-state index contributed by atoms with van der Waals surface area (Å²) in [6.07, 6.45) is 0.349. The zero-order valence-electron chi connectivity index (χ0n) is 15.6. The van der Waals surface area contributed by atoms with Gasteiger partial charge in [-0.15, -0.1) is 0 Å². The minimum Gasteiger partial charge on any atom is -0.480 e. The van der Waals surface area contributed by atoms with E-state index in [-0.39, 0.29) is 5.92 Å². The number of hydrogen-bond acceptors (Lipinski definition) is 2. The third kappa shape index (κ3) is 3.48. The molecule has 0 saturated heterocycles. The molecule has 0 unspecified atom stereocenters. The Morgan fingerprint density at radius 1 is 1.08 bits per heavy atom. The summed E-state index contributed by atoms with van der Waals surface area (Å²) in [5, 5.41) is 10.4. The summed E-state index contributed by atoms with van der Waals surface area (Å²) >= 11 is 0. The highest BCUT2D eigenvalue weighted by molar-refractivity contribution is 5.89. The summed E-state index contributed by atoms with van der Waals surface area (Å²) in [5.41, 5.74) is 11.7. The molecule has 0 radical (unpaired) electrons. The van der Waals surface area contributed by atoms with Crippen LogP contribution >= 0.6 is 0 Å². The number of carbonyl (C=O) groups is 1. The molecule has 0 saturated carbocycles. The van der Waals surface area contributed by atoms with E-state index in [0.717, 1.165) is 22.2 Å². The van der Waals surface area contributed by atoms with Crippen LogP contribution in [0.15, 0.2) is 12.1 Å². The van der Waals surface area contributed by atoms with Crippen molar-refractivity contribution in [2.24, 2.45) is 5.73 Å². The van der Waals surface area contributed by atoms with Crippen LogP contribution in [-0.4, -0.2) is 22.1 Å². The number of benzene rings is 1. The molecule has 0 fully saturated rings. The van der Waals surface area contributed by atoms with E-state index in [1.165, 1.54) is 11.1 Å².